The zero-order valence-electron chi connectivity index (χ0n) is 14.4. The van der Waals surface area contributed by atoms with Crippen LogP contribution >= 0.6 is 0 Å². The highest BCUT2D eigenvalue weighted by Gasteiger charge is 2.23. The molecule has 1 fully saturated rings. The second kappa shape index (κ2) is 6.78. The molecule has 1 heterocycles. The molecule has 0 saturated heterocycles. The Bertz CT molecular complexity index is 485. The molecular formula is C18H31N3. The van der Waals surface area contributed by atoms with Gasteiger partial charge in [0.2, 0.25) is 0 Å². The summed E-state index contributed by atoms with van der Waals surface area (Å²) in [5, 5.41) is 8.05. The van der Waals surface area contributed by atoms with Gasteiger partial charge in [0.15, 0.2) is 0 Å². The van der Waals surface area contributed by atoms with E-state index >= 15 is 0 Å². The van der Waals surface area contributed by atoms with Gasteiger partial charge in [0, 0.05) is 30.8 Å². The molecule has 0 bridgehead atoms. The van der Waals surface area contributed by atoms with Crippen LogP contribution < -0.4 is 5.32 Å². The van der Waals surface area contributed by atoms with Crippen molar-refractivity contribution in [2.24, 2.45) is 13.0 Å². The lowest BCUT2D eigenvalue weighted by Crippen LogP contribution is -2.19. The molecule has 2 rings (SSSR count). The van der Waals surface area contributed by atoms with E-state index < -0.39 is 0 Å². The van der Waals surface area contributed by atoms with Gasteiger partial charge in [0.05, 0.1) is 5.69 Å². The highest BCUT2D eigenvalue weighted by atomic mass is 15.3. The van der Waals surface area contributed by atoms with E-state index in [2.05, 4.69) is 38.4 Å². The van der Waals surface area contributed by atoms with Gasteiger partial charge < -0.3 is 5.32 Å². The van der Waals surface area contributed by atoms with Crippen LogP contribution in [-0.2, 0) is 12.5 Å². The number of nitrogens with zero attached hydrogens (tertiary/aromatic N) is 2. The maximum Gasteiger partial charge on any atom is 0.0750 e. The fraction of sp³-hybridized carbons (Fsp3) is 0.722. The van der Waals surface area contributed by atoms with E-state index in [4.69, 9.17) is 5.10 Å². The highest BCUT2D eigenvalue weighted by Crippen LogP contribution is 2.32. The van der Waals surface area contributed by atoms with Crippen molar-refractivity contribution in [3.05, 3.63) is 23.0 Å². The van der Waals surface area contributed by atoms with E-state index in [-0.39, 0.29) is 5.41 Å². The van der Waals surface area contributed by atoms with E-state index in [1.807, 2.05) is 18.8 Å². The maximum absolute atomic E-state index is 4.69. The average molecular weight is 289 g/mol. The van der Waals surface area contributed by atoms with Crippen LogP contribution in [0.15, 0.2) is 11.8 Å². The predicted octanol–water partition coefficient (Wildman–Crippen LogP) is 3.90. The number of likely N-dealkylation sites (N-methyl/N-ethyl adjacent to an activating group) is 1. The van der Waals surface area contributed by atoms with Crippen LogP contribution in [0.5, 0.6) is 0 Å². The monoisotopic (exact) mass is 289 g/mol. The molecule has 1 aromatic rings. The topological polar surface area (TPSA) is 29.9 Å². The van der Waals surface area contributed by atoms with Crippen molar-refractivity contribution >= 4 is 6.08 Å². The molecule has 1 aliphatic carbocycles. The summed E-state index contributed by atoms with van der Waals surface area (Å²) in [6.45, 7) is 7.71. The highest BCUT2D eigenvalue weighted by molar-refractivity contribution is 5.57. The summed E-state index contributed by atoms with van der Waals surface area (Å²) >= 11 is 0. The van der Waals surface area contributed by atoms with E-state index in [0.717, 1.165) is 12.5 Å². The third-order valence-electron chi connectivity index (χ3n) is 4.42. The van der Waals surface area contributed by atoms with Gasteiger partial charge in [-0.1, -0.05) is 51.7 Å². The Kier molecular flexibility index (Phi) is 5.26. The molecule has 1 N–H and O–H groups in total. The second-order valence-corrected chi connectivity index (χ2v) is 7.44. The molecular weight excluding hydrogens is 258 g/mol. The molecule has 0 radical (unpaired) electrons. The van der Waals surface area contributed by atoms with Crippen molar-refractivity contribution < 1.29 is 0 Å². The first-order chi connectivity index (χ1) is 9.91. The van der Waals surface area contributed by atoms with Crippen molar-refractivity contribution in [2.45, 2.75) is 58.3 Å². The van der Waals surface area contributed by atoms with Crippen LogP contribution in [0.3, 0.4) is 0 Å². The Balaban J connectivity index is 2.33. The van der Waals surface area contributed by atoms with Crippen LogP contribution in [-0.4, -0.2) is 23.4 Å². The molecule has 0 unspecified atom stereocenters. The summed E-state index contributed by atoms with van der Waals surface area (Å²) in [6.07, 6.45) is 11.4. The van der Waals surface area contributed by atoms with Gasteiger partial charge in [0.25, 0.3) is 0 Å². The van der Waals surface area contributed by atoms with Crippen molar-refractivity contribution in [3.63, 3.8) is 0 Å². The summed E-state index contributed by atoms with van der Waals surface area (Å²) in [5.41, 5.74) is 4.13. The minimum absolute atomic E-state index is 0.0877. The Labute approximate surface area is 129 Å². The van der Waals surface area contributed by atoms with Gasteiger partial charge in [-0.15, -0.1) is 0 Å². The molecule has 3 nitrogen and oxygen atoms in total. The Morgan fingerprint density at radius 2 is 2.00 bits per heavy atom. The number of aryl methyl sites for hydroxylation is 1. The van der Waals surface area contributed by atoms with Crippen molar-refractivity contribution in [2.75, 3.05) is 13.6 Å². The number of rotatable bonds is 4. The summed E-state index contributed by atoms with van der Waals surface area (Å²) in [4.78, 5) is 0. The van der Waals surface area contributed by atoms with Gasteiger partial charge in [-0.25, -0.2) is 0 Å². The minimum atomic E-state index is 0.0877. The standard InChI is InChI=1S/C18H31N3/c1-18(2,3)17-16(13-21(5)20-17)11-15(12-19-4)14-9-7-6-8-10-14/h11,13-14,19H,6-10,12H2,1-5H3. The molecule has 0 spiro atoms. The van der Waals surface area contributed by atoms with E-state index in [0.29, 0.717) is 0 Å². The van der Waals surface area contributed by atoms with Gasteiger partial charge >= 0.3 is 0 Å². The number of hydrogen-bond acceptors (Lipinski definition) is 2. The molecule has 1 aliphatic rings. The van der Waals surface area contributed by atoms with Gasteiger partial charge in [0.1, 0.15) is 0 Å². The molecule has 21 heavy (non-hydrogen) atoms. The van der Waals surface area contributed by atoms with Gasteiger partial charge in [-0.05, 0) is 25.8 Å². The second-order valence-electron chi connectivity index (χ2n) is 7.44. The summed E-state index contributed by atoms with van der Waals surface area (Å²) in [5.74, 6) is 0.749. The van der Waals surface area contributed by atoms with Gasteiger partial charge in [-0.3, -0.25) is 4.68 Å². The van der Waals surface area contributed by atoms with Crippen LogP contribution in [0.25, 0.3) is 6.08 Å². The van der Waals surface area contributed by atoms with Crippen LogP contribution in [0, 0.1) is 5.92 Å². The van der Waals surface area contributed by atoms with E-state index in [9.17, 15) is 0 Å². The number of nitrogens with one attached hydrogen (secondary N) is 1. The largest absolute Gasteiger partial charge is 0.316 e. The van der Waals surface area contributed by atoms with Crippen molar-refractivity contribution in [1.29, 1.82) is 0 Å². The first-order valence-electron chi connectivity index (χ1n) is 8.31. The molecule has 118 valence electrons. The zero-order chi connectivity index (χ0) is 15.5. The van der Waals surface area contributed by atoms with Crippen LogP contribution in [0.4, 0.5) is 0 Å². The summed E-state index contributed by atoms with van der Waals surface area (Å²) < 4.78 is 1.95. The molecule has 0 aliphatic heterocycles. The summed E-state index contributed by atoms with van der Waals surface area (Å²) in [6, 6.07) is 0. The SMILES string of the molecule is CNCC(=Cc1cn(C)nc1C(C)(C)C)C1CCCCC1. The Hall–Kier alpha value is -1.09. The Morgan fingerprint density at radius 3 is 2.57 bits per heavy atom. The molecule has 1 aromatic heterocycles. The molecule has 0 amide bonds. The lowest BCUT2D eigenvalue weighted by atomic mass is 9.82. The molecule has 1 saturated carbocycles. The molecule has 3 heteroatoms. The lowest BCUT2D eigenvalue weighted by Gasteiger charge is -2.25. The zero-order valence-corrected chi connectivity index (χ0v) is 14.4. The van der Waals surface area contributed by atoms with E-state index in [1.54, 1.807) is 5.57 Å². The molecule has 0 atom stereocenters. The summed E-state index contributed by atoms with van der Waals surface area (Å²) in [7, 11) is 4.06. The van der Waals surface area contributed by atoms with Crippen LogP contribution in [0.2, 0.25) is 0 Å². The average Bonchev–Trinajstić information content (AvgIpc) is 2.80. The third kappa shape index (κ3) is 4.19. The number of aromatic nitrogens is 2. The lowest BCUT2D eigenvalue weighted by molar-refractivity contribution is 0.398. The van der Waals surface area contributed by atoms with Crippen molar-refractivity contribution in [1.82, 2.24) is 15.1 Å². The normalized spacial score (nSPS) is 18.2. The quantitative estimate of drug-likeness (QED) is 0.911. The van der Waals surface area contributed by atoms with Crippen LogP contribution in [0.1, 0.15) is 64.1 Å². The first-order valence-corrected chi connectivity index (χ1v) is 8.31. The first kappa shape index (κ1) is 16.3. The third-order valence-corrected chi connectivity index (χ3v) is 4.42. The fourth-order valence-electron chi connectivity index (χ4n) is 3.39. The maximum atomic E-state index is 4.69. The predicted molar refractivity (Wildman–Crippen MR) is 90.4 cm³/mol. The molecule has 0 aromatic carbocycles. The smallest absolute Gasteiger partial charge is 0.0750 e. The minimum Gasteiger partial charge on any atom is -0.316 e. The van der Waals surface area contributed by atoms with Crippen molar-refractivity contribution in [3.8, 4) is 0 Å². The Morgan fingerprint density at radius 1 is 1.33 bits per heavy atom. The van der Waals surface area contributed by atoms with Gasteiger partial charge in [-0.2, -0.15) is 5.10 Å². The number of hydrogen-bond donors (Lipinski definition) is 1. The van der Waals surface area contributed by atoms with E-state index in [1.165, 1.54) is 43.4 Å². The fourth-order valence-corrected chi connectivity index (χ4v) is 3.39.